The summed E-state index contributed by atoms with van der Waals surface area (Å²) in [7, 11) is 0. The van der Waals surface area contributed by atoms with Crippen LogP contribution in [0, 0.1) is 6.92 Å². The Morgan fingerprint density at radius 2 is 1.85 bits per heavy atom. The molecule has 0 amide bonds. The van der Waals surface area contributed by atoms with Crippen LogP contribution in [0.1, 0.15) is 31.7 Å². The van der Waals surface area contributed by atoms with Crippen molar-refractivity contribution in [3.05, 3.63) is 42.2 Å². The van der Waals surface area contributed by atoms with Gasteiger partial charge >= 0.3 is 0 Å². The fourth-order valence-corrected chi connectivity index (χ4v) is 1.96. The maximum Gasteiger partial charge on any atom is 0.135 e. The van der Waals surface area contributed by atoms with Crippen LogP contribution >= 0.6 is 0 Å². The molecule has 0 aliphatic carbocycles. The van der Waals surface area contributed by atoms with E-state index in [1.54, 1.807) is 6.33 Å². The van der Waals surface area contributed by atoms with Crippen LogP contribution in [-0.4, -0.2) is 16.5 Å². The van der Waals surface area contributed by atoms with Gasteiger partial charge in [0, 0.05) is 18.3 Å². The summed E-state index contributed by atoms with van der Waals surface area (Å²) in [6.07, 6.45) is 5.22. The van der Waals surface area contributed by atoms with Gasteiger partial charge in [-0.25, -0.2) is 9.97 Å². The first-order valence-corrected chi connectivity index (χ1v) is 7.18. The molecule has 0 aliphatic rings. The number of unbranched alkanes of at least 4 members (excludes halogenated alkanes) is 2. The van der Waals surface area contributed by atoms with Crippen LogP contribution in [0.2, 0.25) is 0 Å². The topological polar surface area (TPSA) is 49.8 Å². The molecular formula is C16H22N4. The smallest absolute Gasteiger partial charge is 0.135 e. The highest BCUT2D eigenvalue weighted by molar-refractivity contribution is 5.61. The molecule has 0 fully saturated rings. The van der Waals surface area contributed by atoms with Gasteiger partial charge in [-0.05, 0) is 25.0 Å². The summed E-state index contributed by atoms with van der Waals surface area (Å²) in [4.78, 5) is 8.50. The lowest BCUT2D eigenvalue weighted by Gasteiger charge is -2.10. The molecule has 0 unspecified atom stereocenters. The minimum Gasteiger partial charge on any atom is -0.370 e. The molecule has 0 spiro atoms. The lowest BCUT2D eigenvalue weighted by Crippen LogP contribution is -2.04. The van der Waals surface area contributed by atoms with Crippen molar-refractivity contribution in [2.24, 2.45) is 0 Å². The van der Waals surface area contributed by atoms with Crippen LogP contribution < -0.4 is 10.6 Å². The molecule has 0 saturated heterocycles. The third-order valence-corrected chi connectivity index (χ3v) is 3.16. The number of benzene rings is 1. The summed E-state index contributed by atoms with van der Waals surface area (Å²) in [6, 6.07) is 10.1. The highest BCUT2D eigenvalue weighted by Crippen LogP contribution is 2.19. The van der Waals surface area contributed by atoms with Crippen LogP contribution in [0.25, 0.3) is 0 Å². The third kappa shape index (κ3) is 4.23. The van der Waals surface area contributed by atoms with E-state index < -0.39 is 0 Å². The molecule has 0 saturated carbocycles. The van der Waals surface area contributed by atoms with E-state index in [0.717, 1.165) is 23.9 Å². The highest BCUT2D eigenvalue weighted by Gasteiger charge is 2.01. The Morgan fingerprint density at radius 1 is 1.05 bits per heavy atom. The van der Waals surface area contributed by atoms with Gasteiger partial charge in [0.05, 0.1) is 0 Å². The molecule has 0 aliphatic heterocycles. The number of hydrogen-bond acceptors (Lipinski definition) is 4. The molecule has 4 heteroatoms. The Hall–Kier alpha value is -2.10. The monoisotopic (exact) mass is 270 g/mol. The van der Waals surface area contributed by atoms with Crippen molar-refractivity contribution < 1.29 is 0 Å². The normalized spacial score (nSPS) is 10.3. The van der Waals surface area contributed by atoms with Gasteiger partial charge in [0.1, 0.15) is 18.0 Å². The van der Waals surface area contributed by atoms with Crippen LogP contribution in [-0.2, 0) is 0 Å². The van der Waals surface area contributed by atoms with Gasteiger partial charge in [-0.1, -0.05) is 38.0 Å². The predicted octanol–water partition coefficient (Wildman–Crippen LogP) is 4.13. The molecule has 4 nitrogen and oxygen atoms in total. The Morgan fingerprint density at radius 3 is 2.65 bits per heavy atom. The standard InChI is InChI=1S/C16H22N4/c1-3-4-7-10-17-15-11-16(19-12-18-15)20-14-9-6-5-8-13(14)2/h5-6,8-9,11-12H,3-4,7,10H2,1-2H3,(H2,17,18,19,20). The van der Waals surface area contributed by atoms with Crippen LogP contribution in [0.5, 0.6) is 0 Å². The van der Waals surface area contributed by atoms with Gasteiger partial charge in [-0.2, -0.15) is 0 Å². The third-order valence-electron chi connectivity index (χ3n) is 3.16. The number of aryl methyl sites for hydroxylation is 1. The number of aromatic nitrogens is 2. The summed E-state index contributed by atoms with van der Waals surface area (Å²) in [5.74, 6) is 1.68. The first-order chi connectivity index (χ1) is 9.79. The molecule has 1 heterocycles. The van der Waals surface area contributed by atoms with Crippen molar-refractivity contribution >= 4 is 17.3 Å². The number of anilines is 3. The second kappa shape index (κ2) is 7.48. The van der Waals surface area contributed by atoms with Crippen molar-refractivity contribution in [1.29, 1.82) is 0 Å². The Bertz CT molecular complexity index is 540. The maximum absolute atomic E-state index is 4.26. The van der Waals surface area contributed by atoms with Gasteiger partial charge in [0.15, 0.2) is 0 Å². The molecule has 0 bridgehead atoms. The van der Waals surface area contributed by atoms with E-state index in [0.29, 0.717) is 0 Å². The SMILES string of the molecule is CCCCCNc1cc(Nc2ccccc2C)ncn1. The zero-order chi connectivity index (χ0) is 14.2. The average molecular weight is 270 g/mol. The minimum absolute atomic E-state index is 0.812. The fourth-order valence-electron chi connectivity index (χ4n) is 1.96. The van der Waals surface area contributed by atoms with E-state index in [9.17, 15) is 0 Å². The summed E-state index contributed by atoms with van der Waals surface area (Å²) in [5.41, 5.74) is 2.27. The van der Waals surface area contributed by atoms with E-state index in [1.807, 2.05) is 24.3 Å². The predicted molar refractivity (Wildman–Crippen MR) is 84.5 cm³/mol. The van der Waals surface area contributed by atoms with E-state index >= 15 is 0 Å². The number of nitrogens with zero attached hydrogens (tertiary/aromatic N) is 2. The molecular weight excluding hydrogens is 248 g/mol. The maximum atomic E-state index is 4.26. The molecule has 106 valence electrons. The van der Waals surface area contributed by atoms with Crippen molar-refractivity contribution in [3.63, 3.8) is 0 Å². The minimum atomic E-state index is 0.812. The van der Waals surface area contributed by atoms with Crippen LogP contribution in [0.4, 0.5) is 17.3 Å². The average Bonchev–Trinajstić information content (AvgIpc) is 2.47. The van der Waals surface area contributed by atoms with Gasteiger partial charge in [-0.15, -0.1) is 0 Å². The molecule has 20 heavy (non-hydrogen) atoms. The first-order valence-electron chi connectivity index (χ1n) is 7.18. The van der Waals surface area contributed by atoms with Gasteiger partial charge < -0.3 is 10.6 Å². The summed E-state index contributed by atoms with van der Waals surface area (Å²) in [5, 5.41) is 6.65. The van der Waals surface area contributed by atoms with Gasteiger partial charge in [0.25, 0.3) is 0 Å². The van der Waals surface area contributed by atoms with E-state index in [1.165, 1.54) is 24.8 Å². The number of rotatable bonds is 7. The quantitative estimate of drug-likeness (QED) is 0.743. The Balaban J connectivity index is 1.97. The molecule has 2 rings (SSSR count). The summed E-state index contributed by atoms with van der Waals surface area (Å²) in [6.45, 7) is 5.23. The second-order valence-electron chi connectivity index (χ2n) is 4.86. The van der Waals surface area contributed by atoms with Gasteiger partial charge in [0.2, 0.25) is 0 Å². The molecule has 0 radical (unpaired) electrons. The molecule has 0 atom stereocenters. The highest BCUT2D eigenvalue weighted by atomic mass is 15.1. The van der Waals surface area contributed by atoms with Crippen molar-refractivity contribution in [2.45, 2.75) is 33.1 Å². The molecule has 1 aromatic carbocycles. The largest absolute Gasteiger partial charge is 0.370 e. The molecule has 1 aromatic heterocycles. The van der Waals surface area contributed by atoms with Crippen molar-refractivity contribution in [3.8, 4) is 0 Å². The summed E-state index contributed by atoms with van der Waals surface area (Å²) >= 11 is 0. The molecule has 2 N–H and O–H groups in total. The fraction of sp³-hybridized carbons (Fsp3) is 0.375. The Labute approximate surface area is 120 Å². The lowest BCUT2D eigenvalue weighted by atomic mass is 10.2. The number of para-hydroxylation sites is 1. The van der Waals surface area contributed by atoms with Crippen LogP contribution in [0.15, 0.2) is 36.7 Å². The van der Waals surface area contributed by atoms with E-state index in [4.69, 9.17) is 0 Å². The zero-order valence-corrected chi connectivity index (χ0v) is 12.2. The molecule has 2 aromatic rings. The number of hydrogen-bond donors (Lipinski definition) is 2. The van der Waals surface area contributed by atoms with Crippen molar-refractivity contribution in [2.75, 3.05) is 17.2 Å². The number of nitrogens with one attached hydrogen (secondary N) is 2. The lowest BCUT2D eigenvalue weighted by molar-refractivity contribution is 0.742. The van der Waals surface area contributed by atoms with Gasteiger partial charge in [-0.3, -0.25) is 0 Å². The zero-order valence-electron chi connectivity index (χ0n) is 12.2. The first kappa shape index (κ1) is 14.3. The van der Waals surface area contributed by atoms with E-state index in [2.05, 4.69) is 40.5 Å². The van der Waals surface area contributed by atoms with Crippen molar-refractivity contribution in [1.82, 2.24) is 9.97 Å². The second-order valence-corrected chi connectivity index (χ2v) is 4.86. The summed E-state index contributed by atoms with van der Waals surface area (Å²) < 4.78 is 0. The Kier molecular flexibility index (Phi) is 5.35. The van der Waals surface area contributed by atoms with E-state index in [-0.39, 0.29) is 0 Å². The van der Waals surface area contributed by atoms with Crippen LogP contribution in [0.3, 0.4) is 0 Å².